The number of hydrogen-bond donors (Lipinski definition) is 1. The molecule has 0 heterocycles. The van der Waals surface area contributed by atoms with Crippen molar-refractivity contribution in [2.75, 3.05) is 7.05 Å². The van der Waals surface area contributed by atoms with E-state index in [4.69, 9.17) is 11.6 Å². The van der Waals surface area contributed by atoms with Gasteiger partial charge in [0.05, 0.1) is 5.02 Å². The van der Waals surface area contributed by atoms with Gasteiger partial charge in [0.1, 0.15) is 0 Å². The van der Waals surface area contributed by atoms with Crippen LogP contribution in [-0.4, -0.2) is 7.05 Å². The van der Waals surface area contributed by atoms with Crippen LogP contribution in [0.15, 0.2) is 18.2 Å². The molecule has 100 valence electrons. The van der Waals surface area contributed by atoms with Crippen LogP contribution >= 0.6 is 34.2 Å². The molecule has 1 saturated carbocycles. The molecule has 1 fully saturated rings. The van der Waals surface area contributed by atoms with Crippen LogP contribution in [0.25, 0.3) is 0 Å². The fourth-order valence-electron chi connectivity index (χ4n) is 2.91. The summed E-state index contributed by atoms with van der Waals surface area (Å²) in [5, 5.41) is 4.32. The lowest BCUT2D eigenvalue weighted by molar-refractivity contribution is 0.306. The molecule has 1 aromatic carbocycles. The molecule has 18 heavy (non-hydrogen) atoms. The number of halogens is 2. The van der Waals surface area contributed by atoms with Gasteiger partial charge in [-0.2, -0.15) is 0 Å². The van der Waals surface area contributed by atoms with Gasteiger partial charge < -0.3 is 5.32 Å². The lowest BCUT2D eigenvalue weighted by atomic mass is 9.83. The van der Waals surface area contributed by atoms with Crippen molar-refractivity contribution in [2.24, 2.45) is 5.92 Å². The molecular weight excluding hydrogens is 357 g/mol. The first-order valence-electron chi connectivity index (χ1n) is 6.83. The molecule has 1 nitrogen and oxygen atoms in total. The third-order valence-corrected chi connectivity index (χ3v) is 5.56. The van der Waals surface area contributed by atoms with Crippen molar-refractivity contribution >= 4 is 34.2 Å². The van der Waals surface area contributed by atoms with Gasteiger partial charge in [0.25, 0.3) is 0 Å². The first-order valence-corrected chi connectivity index (χ1v) is 8.28. The van der Waals surface area contributed by atoms with Crippen molar-refractivity contribution in [1.29, 1.82) is 0 Å². The highest BCUT2D eigenvalue weighted by atomic mass is 127. The molecule has 0 aliphatic heterocycles. The lowest BCUT2D eigenvalue weighted by Crippen LogP contribution is -2.21. The maximum atomic E-state index is 6.22. The number of benzene rings is 1. The smallest absolute Gasteiger partial charge is 0.0542 e. The zero-order valence-electron chi connectivity index (χ0n) is 10.9. The third kappa shape index (κ3) is 3.84. The highest BCUT2D eigenvalue weighted by molar-refractivity contribution is 14.1. The zero-order valence-corrected chi connectivity index (χ0v) is 13.8. The molecule has 0 spiro atoms. The summed E-state index contributed by atoms with van der Waals surface area (Å²) in [6.45, 7) is 0. The lowest BCUT2D eigenvalue weighted by Gasteiger charge is -2.26. The van der Waals surface area contributed by atoms with E-state index >= 15 is 0 Å². The molecule has 1 aliphatic rings. The van der Waals surface area contributed by atoms with Crippen LogP contribution in [0, 0.1) is 9.49 Å². The summed E-state index contributed by atoms with van der Waals surface area (Å²) in [5.74, 6) is 0.884. The Balaban J connectivity index is 2.04. The molecule has 0 saturated heterocycles. The Morgan fingerprint density at radius 3 is 2.67 bits per heavy atom. The van der Waals surface area contributed by atoms with Crippen molar-refractivity contribution in [3.8, 4) is 0 Å². The summed E-state index contributed by atoms with van der Waals surface area (Å²) in [7, 11) is 2.05. The Hall–Kier alpha value is 0.200. The van der Waals surface area contributed by atoms with Crippen LogP contribution in [0.3, 0.4) is 0 Å². The average Bonchev–Trinajstić information content (AvgIpc) is 2.40. The van der Waals surface area contributed by atoms with E-state index in [1.807, 2.05) is 0 Å². The van der Waals surface area contributed by atoms with Gasteiger partial charge in [0.15, 0.2) is 0 Å². The summed E-state index contributed by atoms with van der Waals surface area (Å²) >= 11 is 8.50. The van der Waals surface area contributed by atoms with E-state index in [1.165, 1.54) is 44.1 Å². The Bertz CT molecular complexity index is 388. The fraction of sp³-hybridized carbons (Fsp3) is 0.600. The number of hydrogen-bond acceptors (Lipinski definition) is 1. The molecular formula is C15H21ClIN. The minimum Gasteiger partial charge on any atom is -0.313 e. The molecule has 0 radical (unpaired) electrons. The van der Waals surface area contributed by atoms with E-state index < -0.39 is 0 Å². The highest BCUT2D eigenvalue weighted by Gasteiger charge is 2.19. The minimum absolute atomic E-state index is 0.447. The average molecular weight is 378 g/mol. The summed E-state index contributed by atoms with van der Waals surface area (Å²) in [4.78, 5) is 0. The Morgan fingerprint density at radius 1 is 1.33 bits per heavy atom. The summed E-state index contributed by atoms with van der Waals surface area (Å²) in [6.07, 6.45) is 8.29. The Kier molecular flexibility index (Phi) is 5.77. The van der Waals surface area contributed by atoms with Crippen LogP contribution in [-0.2, 0) is 0 Å². The normalized spacial score (nSPS) is 18.8. The van der Waals surface area contributed by atoms with Gasteiger partial charge in [-0.1, -0.05) is 49.8 Å². The Morgan fingerprint density at radius 2 is 2.06 bits per heavy atom. The second-order valence-corrected chi connectivity index (χ2v) is 6.82. The van der Waals surface area contributed by atoms with Crippen LogP contribution in [0.1, 0.15) is 50.1 Å². The van der Waals surface area contributed by atoms with Crippen molar-refractivity contribution < 1.29 is 0 Å². The zero-order chi connectivity index (χ0) is 13.0. The number of nitrogens with one attached hydrogen (secondary N) is 1. The largest absolute Gasteiger partial charge is 0.313 e. The first kappa shape index (κ1) is 14.6. The third-order valence-electron chi connectivity index (χ3n) is 3.99. The molecule has 3 heteroatoms. The molecule has 1 atom stereocenters. The van der Waals surface area contributed by atoms with Crippen molar-refractivity contribution in [2.45, 2.75) is 44.6 Å². The van der Waals surface area contributed by atoms with Crippen LogP contribution in [0.5, 0.6) is 0 Å². The monoisotopic (exact) mass is 377 g/mol. The van der Waals surface area contributed by atoms with Gasteiger partial charge in [0, 0.05) is 9.61 Å². The van der Waals surface area contributed by atoms with E-state index in [-0.39, 0.29) is 0 Å². The minimum atomic E-state index is 0.447. The number of rotatable bonds is 4. The molecule has 0 bridgehead atoms. The maximum absolute atomic E-state index is 6.22. The van der Waals surface area contributed by atoms with Gasteiger partial charge in [0.2, 0.25) is 0 Å². The first-order chi connectivity index (χ1) is 8.70. The van der Waals surface area contributed by atoms with Crippen LogP contribution in [0.4, 0.5) is 0 Å². The van der Waals surface area contributed by atoms with Crippen LogP contribution in [0.2, 0.25) is 5.02 Å². The molecule has 1 unspecified atom stereocenters. The molecule has 2 rings (SSSR count). The van der Waals surface area contributed by atoms with Crippen molar-refractivity contribution in [3.63, 3.8) is 0 Å². The van der Waals surface area contributed by atoms with Crippen LogP contribution < -0.4 is 5.32 Å². The van der Waals surface area contributed by atoms with E-state index in [0.29, 0.717) is 6.04 Å². The predicted molar refractivity (Wildman–Crippen MR) is 87.2 cm³/mol. The van der Waals surface area contributed by atoms with E-state index in [2.05, 4.69) is 53.2 Å². The second-order valence-electron chi connectivity index (χ2n) is 5.25. The van der Waals surface area contributed by atoms with E-state index in [9.17, 15) is 0 Å². The van der Waals surface area contributed by atoms with Gasteiger partial charge in [-0.15, -0.1) is 0 Å². The second kappa shape index (κ2) is 7.11. The molecule has 1 aromatic rings. The topological polar surface area (TPSA) is 12.0 Å². The maximum Gasteiger partial charge on any atom is 0.0542 e. The fourth-order valence-corrected chi connectivity index (χ4v) is 3.43. The van der Waals surface area contributed by atoms with Gasteiger partial charge in [-0.3, -0.25) is 0 Å². The SMILES string of the molecule is CNC(CC1CCCCC1)c1ccc(I)c(Cl)c1. The molecule has 0 amide bonds. The van der Waals surface area contributed by atoms with Gasteiger partial charge in [-0.25, -0.2) is 0 Å². The Labute approximate surface area is 129 Å². The summed E-state index contributed by atoms with van der Waals surface area (Å²) in [5.41, 5.74) is 1.33. The van der Waals surface area contributed by atoms with E-state index in [1.54, 1.807) is 0 Å². The van der Waals surface area contributed by atoms with Crippen molar-refractivity contribution in [1.82, 2.24) is 5.32 Å². The van der Waals surface area contributed by atoms with E-state index in [0.717, 1.165) is 14.5 Å². The molecule has 1 aliphatic carbocycles. The van der Waals surface area contributed by atoms with Gasteiger partial charge in [-0.05, 0) is 59.7 Å². The highest BCUT2D eigenvalue weighted by Crippen LogP contribution is 2.33. The summed E-state index contributed by atoms with van der Waals surface area (Å²) < 4.78 is 1.13. The molecule has 0 aromatic heterocycles. The summed E-state index contributed by atoms with van der Waals surface area (Å²) in [6, 6.07) is 6.89. The molecule has 1 N–H and O–H groups in total. The van der Waals surface area contributed by atoms with Gasteiger partial charge >= 0.3 is 0 Å². The predicted octanol–water partition coefficient (Wildman–Crippen LogP) is 5.18. The quantitative estimate of drug-likeness (QED) is 0.713. The van der Waals surface area contributed by atoms with Crippen molar-refractivity contribution in [3.05, 3.63) is 32.4 Å². The standard InChI is InChI=1S/C15H21ClIN/c1-18-15(9-11-5-3-2-4-6-11)12-7-8-14(17)13(16)10-12/h7-8,10-11,15,18H,2-6,9H2,1H3.